The van der Waals surface area contributed by atoms with E-state index in [4.69, 9.17) is 4.74 Å². The molecule has 0 fully saturated rings. The highest BCUT2D eigenvalue weighted by molar-refractivity contribution is 7.92. The van der Waals surface area contributed by atoms with Crippen LogP contribution in [0, 0.1) is 0 Å². The number of fused-ring (bicyclic) bond motifs is 1. The van der Waals surface area contributed by atoms with Gasteiger partial charge in [0, 0.05) is 12.4 Å². The fourth-order valence-electron chi connectivity index (χ4n) is 3.09. The zero-order chi connectivity index (χ0) is 21.7. The van der Waals surface area contributed by atoms with E-state index >= 15 is 0 Å². The maximum atomic E-state index is 13.0. The Hall–Kier alpha value is -3.52. The van der Waals surface area contributed by atoms with Crippen molar-refractivity contribution in [2.24, 2.45) is 0 Å². The van der Waals surface area contributed by atoms with E-state index in [1.165, 1.54) is 0 Å². The first kappa shape index (κ1) is 20.7. The third-order valence-corrected chi connectivity index (χ3v) is 6.02. The van der Waals surface area contributed by atoms with Crippen LogP contribution in [0.25, 0.3) is 11.0 Å². The molecule has 31 heavy (non-hydrogen) atoms. The molecule has 0 atom stereocenters. The maximum Gasteiger partial charge on any atom is 0.263 e. The zero-order valence-electron chi connectivity index (χ0n) is 17.0. The van der Waals surface area contributed by atoms with Crippen molar-refractivity contribution in [2.75, 3.05) is 4.72 Å². The number of hydrogen-bond donors (Lipinski definition) is 1. The molecule has 8 heteroatoms. The van der Waals surface area contributed by atoms with Gasteiger partial charge in [0.15, 0.2) is 0 Å². The lowest BCUT2D eigenvalue weighted by Crippen LogP contribution is -2.16. The predicted molar refractivity (Wildman–Crippen MR) is 119 cm³/mol. The summed E-state index contributed by atoms with van der Waals surface area (Å²) >= 11 is 0. The molecule has 4 rings (SSSR count). The topological polar surface area (TPSA) is 94.1 Å². The van der Waals surface area contributed by atoms with Gasteiger partial charge in [0.25, 0.3) is 15.9 Å². The van der Waals surface area contributed by atoms with Gasteiger partial charge in [-0.05, 0) is 53.9 Å². The molecule has 7 nitrogen and oxygen atoms in total. The van der Waals surface area contributed by atoms with Gasteiger partial charge in [-0.1, -0.05) is 37.6 Å². The second-order valence-electron chi connectivity index (χ2n) is 7.01. The van der Waals surface area contributed by atoms with Gasteiger partial charge in [-0.3, -0.25) is 9.71 Å². The summed E-state index contributed by atoms with van der Waals surface area (Å²) in [4.78, 5) is 13.1. The van der Waals surface area contributed by atoms with Crippen LogP contribution in [0.3, 0.4) is 0 Å². The van der Waals surface area contributed by atoms with Crippen molar-refractivity contribution >= 4 is 26.9 Å². The van der Waals surface area contributed by atoms with Gasteiger partial charge in [0.1, 0.15) is 6.61 Å². The molecule has 0 aliphatic heterocycles. The number of hydrogen-bond acceptors (Lipinski definition) is 6. The van der Waals surface area contributed by atoms with E-state index in [2.05, 4.69) is 26.6 Å². The minimum Gasteiger partial charge on any atom is -0.470 e. The van der Waals surface area contributed by atoms with Crippen LogP contribution in [0.5, 0.6) is 5.88 Å². The van der Waals surface area contributed by atoms with Crippen molar-refractivity contribution in [3.63, 3.8) is 0 Å². The monoisotopic (exact) mass is 434 g/mol. The number of para-hydroxylation sites is 2. The molecule has 2 aromatic carbocycles. The number of aryl methyl sites for hydroxylation is 1. The third-order valence-electron chi connectivity index (χ3n) is 4.67. The normalized spacial score (nSPS) is 11.4. The standard InChI is InChI=1S/C23H22N4O3S/c1-2-5-17-8-10-19(11-9-17)31(28,29)27-22-23(30-16-18-12-14-24-15-13-18)26-21-7-4-3-6-20(21)25-22/h3-4,6-15H,2,5,16H2,1H3,(H,25,27). The first-order chi connectivity index (χ1) is 15.0. The van der Waals surface area contributed by atoms with Gasteiger partial charge in [0.2, 0.25) is 5.82 Å². The van der Waals surface area contributed by atoms with Crippen LogP contribution < -0.4 is 9.46 Å². The first-order valence-electron chi connectivity index (χ1n) is 9.95. The van der Waals surface area contributed by atoms with Crippen LogP contribution in [0.15, 0.2) is 78.0 Å². The van der Waals surface area contributed by atoms with Gasteiger partial charge in [-0.15, -0.1) is 0 Å². The number of benzene rings is 2. The van der Waals surface area contributed by atoms with E-state index < -0.39 is 10.0 Å². The number of nitrogens with one attached hydrogen (secondary N) is 1. The molecule has 2 aromatic heterocycles. The zero-order valence-corrected chi connectivity index (χ0v) is 17.8. The molecule has 0 unspecified atom stereocenters. The molecule has 4 aromatic rings. The molecule has 0 spiro atoms. The van der Waals surface area contributed by atoms with Crippen LogP contribution in [-0.2, 0) is 23.1 Å². The highest BCUT2D eigenvalue weighted by Gasteiger charge is 2.20. The molecule has 1 N–H and O–H groups in total. The fourth-order valence-corrected chi connectivity index (χ4v) is 4.09. The average molecular weight is 435 g/mol. The van der Waals surface area contributed by atoms with E-state index in [0.29, 0.717) is 11.0 Å². The molecule has 0 amide bonds. The van der Waals surface area contributed by atoms with Gasteiger partial charge in [0.05, 0.1) is 15.9 Å². The molecule has 158 valence electrons. The molecular formula is C23H22N4O3S. The van der Waals surface area contributed by atoms with Crippen molar-refractivity contribution in [3.8, 4) is 5.88 Å². The maximum absolute atomic E-state index is 13.0. The Bertz CT molecular complexity index is 1280. The second kappa shape index (κ2) is 9.09. The number of ether oxygens (including phenoxy) is 1. The number of nitrogens with zero attached hydrogens (tertiary/aromatic N) is 3. The van der Waals surface area contributed by atoms with E-state index in [0.717, 1.165) is 24.0 Å². The van der Waals surface area contributed by atoms with E-state index in [1.807, 2.05) is 36.4 Å². The Kier molecular flexibility index (Phi) is 6.08. The lowest BCUT2D eigenvalue weighted by molar-refractivity contribution is 0.295. The van der Waals surface area contributed by atoms with E-state index in [1.54, 1.807) is 36.7 Å². The molecule has 2 heterocycles. The third kappa shape index (κ3) is 4.97. The van der Waals surface area contributed by atoms with Gasteiger partial charge >= 0.3 is 0 Å². The molecule has 0 saturated carbocycles. The van der Waals surface area contributed by atoms with E-state index in [-0.39, 0.29) is 23.2 Å². The van der Waals surface area contributed by atoms with Crippen molar-refractivity contribution in [1.29, 1.82) is 0 Å². The number of aromatic nitrogens is 3. The Balaban J connectivity index is 1.65. The van der Waals surface area contributed by atoms with Gasteiger partial charge < -0.3 is 4.74 Å². The molecule has 0 saturated heterocycles. The van der Waals surface area contributed by atoms with Crippen molar-refractivity contribution in [2.45, 2.75) is 31.3 Å². The largest absolute Gasteiger partial charge is 0.470 e. The van der Waals surface area contributed by atoms with Crippen molar-refractivity contribution in [1.82, 2.24) is 15.0 Å². The molecule has 0 bridgehead atoms. The lowest BCUT2D eigenvalue weighted by Gasteiger charge is -2.13. The Morgan fingerprint density at radius 3 is 2.23 bits per heavy atom. The summed E-state index contributed by atoms with van der Waals surface area (Å²) < 4.78 is 34.4. The van der Waals surface area contributed by atoms with Crippen LogP contribution in [0.4, 0.5) is 5.82 Å². The number of rotatable bonds is 8. The summed E-state index contributed by atoms with van der Waals surface area (Å²) in [5.41, 5.74) is 3.15. The number of pyridine rings is 1. The highest BCUT2D eigenvalue weighted by Crippen LogP contribution is 2.27. The van der Waals surface area contributed by atoms with Crippen LogP contribution >= 0.6 is 0 Å². The lowest BCUT2D eigenvalue weighted by atomic mass is 10.1. The van der Waals surface area contributed by atoms with Crippen molar-refractivity contribution in [3.05, 3.63) is 84.2 Å². The molecule has 0 aliphatic carbocycles. The van der Waals surface area contributed by atoms with Crippen LogP contribution in [0.1, 0.15) is 24.5 Å². The first-order valence-corrected chi connectivity index (χ1v) is 11.4. The summed E-state index contributed by atoms with van der Waals surface area (Å²) in [6.45, 7) is 2.29. The highest BCUT2D eigenvalue weighted by atomic mass is 32.2. The van der Waals surface area contributed by atoms with Gasteiger partial charge in [-0.25, -0.2) is 18.4 Å². The molecular weight excluding hydrogens is 412 g/mol. The van der Waals surface area contributed by atoms with Gasteiger partial charge in [-0.2, -0.15) is 0 Å². The predicted octanol–water partition coefficient (Wildman–Crippen LogP) is 4.36. The van der Waals surface area contributed by atoms with Crippen molar-refractivity contribution < 1.29 is 13.2 Å². The summed E-state index contributed by atoms with van der Waals surface area (Å²) in [7, 11) is -3.86. The molecule has 0 aliphatic rings. The average Bonchev–Trinajstić information content (AvgIpc) is 2.79. The summed E-state index contributed by atoms with van der Waals surface area (Å²) in [5.74, 6) is 0.159. The number of sulfonamides is 1. The summed E-state index contributed by atoms with van der Waals surface area (Å²) in [6.07, 6.45) is 5.22. The van der Waals surface area contributed by atoms with Crippen LogP contribution in [0.2, 0.25) is 0 Å². The fraction of sp³-hybridized carbons (Fsp3) is 0.174. The Morgan fingerprint density at radius 1 is 0.871 bits per heavy atom. The molecule has 0 radical (unpaired) electrons. The van der Waals surface area contributed by atoms with E-state index in [9.17, 15) is 8.42 Å². The smallest absolute Gasteiger partial charge is 0.263 e. The van der Waals surface area contributed by atoms with Crippen LogP contribution in [-0.4, -0.2) is 23.4 Å². The number of anilines is 1. The SMILES string of the molecule is CCCc1ccc(S(=O)(=O)Nc2nc3ccccc3nc2OCc2ccncc2)cc1. The summed E-state index contributed by atoms with van der Waals surface area (Å²) in [6, 6.07) is 17.7. The summed E-state index contributed by atoms with van der Waals surface area (Å²) in [5, 5.41) is 0. The minimum absolute atomic E-state index is 0.0467. The minimum atomic E-state index is -3.86. The Labute approximate surface area is 181 Å². The second-order valence-corrected chi connectivity index (χ2v) is 8.69. The Morgan fingerprint density at radius 2 is 1.55 bits per heavy atom. The quantitative estimate of drug-likeness (QED) is 0.443.